The molecule has 1 N–H and O–H groups in total. The molecule has 134 valence electrons. The molecule has 1 aliphatic rings. The number of urea groups is 1. The van der Waals surface area contributed by atoms with Crippen molar-refractivity contribution in [2.24, 2.45) is 11.8 Å². The molecule has 1 aromatic rings. The highest BCUT2D eigenvalue weighted by atomic mass is 19.1. The van der Waals surface area contributed by atoms with Crippen molar-refractivity contribution in [3.8, 4) is 0 Å². The van der Waals surface area contributed by atoms with Gasteiger partial charge in [-0.05, 0) is 25.3 Å². The van der Waals surface area contributed by atoms with Gasteiger partial charge in [0.1, 0.15) is 11.6 Å². The maximum Gasteiger partial charge on any atom is 0.317 e. The van der Waals surface area contributed by atoms with Crippen molar-refractivity contribution in [2.45, 2.75) is 33.2 Å². The summed E-state index contributed by atoms with van der Waals surface area (Å²) in [7, 11) is 0. The number of likely N-dealkylation sites (tertiary alicyclic amines) is 1. The molecule has 1 fully saturated rings. The van der Waals surface area contributed by atoms with Gasteiger partial charge in [-0.15, -0.1) is 0 Å². The van der Waals surface area contributed by atoms with Gasteiger partial charge >= 0.3 is 6.03 Å². The predicted octanol–water partition coefficient (Wildman–Crippen LogP) is 3.73. The van der Waals surface area contributed by atoms with Gasteiger partial charge in [0.25, 0.3) is 0 Å². The van der Waals surface area contributed by atoms with Gasteiger partial charge in [0.15, 0.2) is 0 Å². The molecule has 1 saturated heterocycles. The molecular weight excluding hydrogens is 314 g/mol. The number of carbonyl (C=O) groups excluding carboxylic acids is 1. The van der Waals surface area contributed by atoms with Crippen LogP contribution in [0.1, 0.15) is 38.8 Å². The van der Waals surface area contributed by atoms with Gasteiger partial charge in [-0.1, -0.05) is 19.9 Å². The normalized spacial score (nSPS) is 18.9. The molecule has 1 heterocycles. The summed E-state index contributed by atoms with van der Waals surface area (Å²) in [6.45, 7) is 8.38. The third-order valence-electron chi connectivity index (χ3n) is 4.37. The number of amides is 2. The molecule has 4 nitrogen and oxygen atoms in total. The SMILES string of the molecule is CCOCC1CCN(C(=O)NC(c2ccc(F)cc2F)C(C)C)C1. The van der Waals surface area contributed by atoms with E-state index in [-0.39, 0.29) is 11.9 Å². The fraction of sp³-hybridized carbons (Fsp3) is 0.611. The molecule has 1 aliphatic heterocycles. The van der Waals surface area contributed by atoms with Crippen LogP contribution in [0.25, 0.3) is 0 Å². The largest absolute Gasteiger partial charge is 0.381 e. The van der Waals surface area contributed by atoms with Gasteiger partial charge in [0.2, 0.25) is 0 Å². The maximum atomic E-state index is 14.1. The van der Waals surface area contributed by atoms with Gasteiger partial charge in [-0.2, -0.15) is 0 Å². The van der Waals surface area contributed by atoms with Crippen molar-refractivity contribution >= 4 is 6.03 Å². The van der Waals surface area contributed by atoms with Crippen molar-refractivity contribution in [3.63, 3.8) is 0 Å². The smallest absolute Gasteiger partial charge is 0.317 e. The first-order valence-electron chi connectivity index (χ1n) is 8.50. The number of ether oxygens (including phenoxy) is 1. The van der Waals surface area contributed by atoms with Crippen molar-refractivity contribution in [3.05, 3.63) is 35.4 Å². The lowest BCUT2D eigenvalue weighted by Crippen LogP contribution is -2.42. The lowest BCUT2D eigenvalue weighted by Gasteiger charge is -2.26. The number of rotatable bonds is 6. The minimum atomic E-state index is -0.635. The highest BCUT2D eigenvalue weighted by Crippen LogP contribution is 2.26. The van der Waals surface area contributed by atoms with Crippen molar-refractivity contribution < 1.29 is 18.3 Å². The molecule has 0 aliphatic carbocycles. The van der Waals surface area contributed by atoms with Crippen molar-refractivity contribution in [1.82, 2.24) is 10.2 Å². The predicted molar refractivity (Wildman–Crippen MR) is 88.6 cm³/mol. The molecule has 2 atom stereocenters. The zero-order valence-electron chi connectivity index (χ0n) is 14.5. The number of benzene rings is 1. The van der Waals surface area contributed by atoms with Crippen LogP contribution in [0.3, 0.4) is 0 Å². The molecule has 2 amide bonds. The topological polar surface area (TPSA) is 41.6 Å². The summed E-state index contributed by atoms with van der Waals surface area (Å²) >= 11 is 0. The van der Waals surface area contributed by atoms with Crippen LogP contribution in [0.5, 0.6) is 0 Å². The van der Waals surface area contributed by atoms with Crippen LogP contribution < -0.4 is 5.32 Å². The fourth-order valence-electron chi connectivity index (χ4n) is 3.02. The molecule has 2 rings (SSSR count). The molecule has 0 spiro atoms. The van der Waals surface area contributed by atoms with Gasteiger partial charge in [-0.25, -0.2) is 13.6 Å². The van der Waals surface area contributed by atoms with E-state index < -0.39 is 17.7 Å². The maximum absolute atomic E-state index is 14.1. The van der Waals surface area contributed by atoms with E-state index in [1.54, 1.807) is 4.90 Å². The third kappa shape index (κ3) is 4.66. The molecule has 1 aromatic carbocycles. The van der Waals surface area contributed by atoms with Crippen LogP contribution in [0.15, 0.2) is 18.2 Å². The Kier molecular flexibility index (Phi) is 6.54. The average molecular weight is 340 g/mol. The van der Waals surface area contributed by atoms with Crippen LogP contribution in [-0.2, 0) is 4.74 Å². The van der Waals surface area contributed by atoms with Crippen LogP contribution in [0.4, 0.5) is 13.6 Å². The number of nitrogens with zero attached hydrogens (tertiary/aromatic N) is 1. The van der Waals surface area contributed by atoms with E-state index in [9.17, 15) is 13.6 Å². The molecule has 0 bridgehead atoms. The summed E-state index contributed by atoms with van der Waals surface area (Å²) in [4.78, 5) is 14.2. The van der Waals surface area contributed by atoms with E-state index in [0.29, 0.717) is 37.8 Å². The van der Waals surface area contributed by atoms with Gasteiger partial charge in [0.05, 0.1) is 12.6 Å². The highest BCUT2D eigenvalue weighted by molar-refractivity contribution is 5.75. The van der Waals surface area contributed by atoms with Crippen LogP contribution >= 0.6 is 0 Å². The summed E-state index contributed by atoms with van der Waals surface area (Å²) in [6.07, 6.45) is 0.907. The Balaban J connectivity index is 2.02. The Labute approximate surface area is 142 Å². The summed E-state index contributed by atoms with van der Waals surface area (Å²) in [5.74, 6) is -0.931. The fourth-order valence-corrected chi connectivity index (χ4v) is 3.02. The quantitative estimate of drug-likeness (QED) is 0.857. The van der Waals surface area contributed by atoms with Gasteiger partial charge in [-0.3, -0.25) is 0 Å². The number of hydrogen-bond acceptors (Lipinski definition) is 2. The summed E-state index contributed by atoms with van der Waals surface area (Å²) in [5.41, 5.74) is 0.310. The van der Waals surface area contributed by atoms with E-state index in [4.69, 9.17) is 4.74 Å². The molecule has 6 heteroatoms. The standard InChI is InChI=1S/C18H26F2N2O2/c1-4-24-11-13-7-8-22(10-13)18(23)21-17(12(2)3)15-6-5-14(19)9-16(15)20/h5-6,9,12-13,17H,4,7-8,10-11H2,1-3H3,(H,21,23). The molecule has 24 heavy (non-hydrogen) atoms. The molecule has 2 unspecified atom stereocenters. The lowest BCUT2D eigenvalue weighted by molar-refractivity contribution is 0.113. The van der Waals surface area contributed by atoms with E-state index in [1.165, 1.54) is 12.1 Å². The highest BCUT2D eigenvalue weighted by Gasteiger charge is 2.29. The number of nitrogens with one attached hydrogen (secondary N) is 1. The van der Waals surface area contributed by atoms with E-state index in [2.05, 4.69) is 5.32 Å². The van der Waals surface area contributed by atoms with Gasteiger partial charge < -0.3 is 15.0 Å². The number of carbonyl (C=O) groups is 1. The second-order valence-electron chi connectivity index (χ2n) is 6.60. The van der Waals surface area contributed by atoms with E-state index in [0.717, 1.165) is 12.5 Å². The molecular formula is C18H26F2N2O2. The number of hydrogen-bond donors (Lipinski definition) is 1. The monoisotopic (exact) mass is 340 g/mol. The van der Waals surface area contributed by atoms with Crippen LogP contribution in [0.2, 0.25) is 0 Å². The Hall–Kier alpha value is -1.69. The first-order chi connectivity index (χ1) is 11.4. The van der Waals surface area contributed by atoms with E-state index >= 15 is 0 Å². The van der Waals surface area contributed by atoms with Crippen LogP contribution in [-0.4, -0.2) is 37.2 Å². The summed E-state index contributed by atoms with van der Waals surface area (Å²) in [6, 6.07) is 2.76. The lowest BCUT2D eigenvalue weighted by atomic mass is 9.95. The molecule has 0 saturated carbocycles. The molecule has 0 aromatic heterocycles. The van der Waals surface area contributed by atoms with E-state index in [1.807, 2.05) is 20.8 Å². The van der Waals surface area contributed by atoms with Crippen molar-refractivity contribution in [2.75, 3.05) is 26.3 Å². The Morgan fingerprint density at radius 2 is 2.17 bits per heavy atom. The Morgan fingerprint density at radius 1 is 1.42 bits per heavy atom. The second-order valence-corrected chi connectivity index (χ2v) is 6.60. The first kappa shape index (κ1) is 18.6. The zero-order chi connectivity index (χ0) is 17.7. The van der Waals surface area contributed by atoms with Gasteiger partial charge in [0, 0.05) is 37.2 Å². The van der Waals surface area contributed by atoms with Crippen LogP contribution in [0, 0.1) is 23.5 Å². The first-order valence-corrected chi connectivity index (χ1v) is 8.50. The second kappa shape index (κ2) is 8.42. The average Bonchev–Trinajstić information content (AvgIpc) is 3.00. The van der Waals surface area contributed by atoms with Crippen molar-refractivity contribution in [1.29, 1.82) is 0 Å². The Bertz CT molecular complexity index is 566. The molecule has 0 radical (unpaired) electrons. The summed E-state index contributed by atoms with van der Waals surface area (Å²) < 4.78 is 32.6. The number of halogens is 2. The Morgan fingerprint density at radius 3 is 2.79 bits per heavy atom. The zero-order valence-corrected chi connectivity index (χ0v) is 14.5. The summed E-state index contributed by atoms with van der Waals surface area (Å²) in [5, 5.41) is 2.90. The third-order valence-corrected chi connectivity index (χ3v) is 4.37. The minimum absolute atomic E-state index is 0.0178. The minimum Gasteiger partial charge on any atom is -0.381 e.